The molecule has 1 aromatic rings. The Morgan fingerprint density at radius 3 is 3.17 bits per heavy atom. The fourth-order valence-electron chi connectivity index (χ4n) is 1.09. The van der Waals surface area contributed by atoms with E-state index in [1.165, 1.54) is 12.2 Å². The molecule has 0 heteroatoms. The summed E-state index contributed by atoms with van der Waals surface area (Å²) in [4.78, 5) is 0. The molecule has 0 spiro atoms. The zero-order valence-electron chi connectivity index (χ0n) is 11.5. The molecule has 1 unspecified atom stereocenters. The number of rotatable bonds is 1. The highest BCUT2D eigenvalue weighted by molar-refractivity contribution is 5.74. The lowest BCUT2D eigenvalue weighted by Crippen LogP contribution is -1.84. The van der Waals surface area contributed by atoms with E-state index in [4.69, 9.17) is 6.85 Å². The van der Waals surface area contributed by atoms with E-state index in [0.29, 0.717) is 17.2 Å². The SMILES string of the molecule is [2H]C1=CC(c2cccc([2H])c2)=CC([2H])([2H])C1[2H]. The number of hydrogen-bond donors (Lipinski definition) is 0. The van der Waals surface area contributed by atoms with Crippen LogP contribution in [0.2, 0.25) is 0 Å². The van der Waals surface area contributed by atoms with Crippen molar-refractivity contribution in [3.8, 4) is 0 Å². The van der Waals surface area contributed by atoms with Crippen molar-refractivity contribution in [1.29, 1.82) is 0 Å². The van der Waals surface area contributed by atoms with Gasteiger partial charge in [0.25, 0.3) is 0 Å². The van der Waals surface area contributed by atoms with Gasteiger partial charge in [0.1, 0.15) is 0 Å². The second-order valence-electron chi connectivity index (χ2n) is 2.51. The second kappa shape index (κ2) is 3.40. The van der Waals surface area contributed by atoms with Crippen LogP contribution in [0.4, 0.5) is 0 Å². The van der Waals surface area contributed by atoms with E-state index in [1.807, 2.05) is 0 Å². The molecule has 12 heavy (non-hydrogen) atoms. The van der Waals surface area contributed by atoms with Gasteiger partial charge < -0.3 is 0 Å². The van der Waals surface area contributed by atoms with Crippen molar-refractivity contribution in [1.82, 2.24) is 0 Å². The largest absolute Gasteiger partial charge is 0.0836 e. The summed E-state index contributed by atoms with van der Waals surface area (Å²) in [5.74, 6) is 0. The first-order valence-electron chi connectivity index (χ1n) is 6.38. The lowest BCUT2D eigenvalue weighted by atomic mass is 10.00. The maximum atomic E-state index is 7.69. The van der Waals surface area contributed by atoms with Gasteiger partial charge in [0.15, 0.2) is 0 Å². The highest BCUT2D eigenvalue weighted by Gasteiger charge is 1.98. The van der Waals surface area contributed by atoms with Crippen LogP contribution in [-0.4, -0.2) is 0 Å². The Morgan fingerprint density at radius 1 is 1.33 bits per heavy atom. The van der Waals surface area contributed by atoms with Gasteiger partial charge >= 0.3 is 0 Å². The molecule has 0 bridgehead atoms. The van der Waals surface area contributed by atoms with Crippen LogP contribution in [0.1, 0.15) is 25.2 Å². The molecule has 0 radical (unpaired) electrons. The van der Waals surface area contributed by atoms with Crippen LogP contribution in [0.25, 0.3) is 5.57 Å². The monoisotopic (exact) mass is 161 g/mol. The third-order valence-corrected chi connectivity index (χ3v) is 1.68. The summed E-state index contributed by atoms with van der Waals surface area (Å²) in [6.07, 6.45) is -0.157. The van der Waals surface area contributed by atoms with E-state index in [-0.39, 0.29) is 6.05 Å². The fraction of sp³-hybridized carbons (Fsp3) is 0.167. The minimum Gasteiger partial charge on any atom is -0.0836 e. The van der Waals surface area contributed by atoms with Crippen LogP contribution < -0.4 is 0 Å². The molecule has 0 saturated heterocycles. The normalized spacial score (nSPS) is 33.0. The maximum Gasteiger partial charge on any atom is 0.0623 e. The van der Waals surface area contributed by atoms with Crippen molar-refractivity contribution >= 4 is 5.57 Å². The maximum absolute atomic E-state index is 7.69. The Morgan fingerprint density at radius 2 is 2.33 bits per heavy atom. The Kier molecular flexibility index (Phi) is 1.02. The van der Waals surface area contributed by atoms with E-state index in [9.17, 15) is 0 Å². The van der Waals surface area contributed by atoms with Crippen molar-refractivity contribution in [2.75, 3.05) is 0 Å². The minimum atomic E-state index is -1.83. The molecule has 1 aromatic carbocycles. The van der Waals surface area contributed by atoms with Gasteiger partial charge in [0.05, 0.1) is 2.74 Å². The molecule has 1 aliphatic rings. The average molecular weight is 161 g/mol. The summed E-state index contributed by atoms with van der Waals surface area (Å²) in [7, 11) is 0. The topological polar surface area (TPSA) is 0 Å². The molecule has 2 rings (SSSR count). The minimum absolute atomic E-state index is 0.0390. The molecular weight excluding hydrogens is 144 g/mol. The first-order chi connectivity index (χ1) is 7.90. The van der Waals surface area contributed by atoms with Crippen LogP contribution in [-0.2, 0) is 0 Å². The second-order valence-corrected chi connectivity index (χ2v) is 2.51. The summed E-state index contributed by atoms with van der Waals surface area (Å²) < 4.78 is 38.1. The molecule has 0 aromatic heterocycles. The van der Waals surface area contributed by atoms with Gasteiger partial charge in [-0.15, -0.1) is 0 Å². The molecule has 60 valence electrons. The third-order valence-electron chi connectivity index (χ3n) is 1.68. The predicted octanol–water partition coefficient (Wildman–Crippen LogP) is 3.42. The van der Waals surface area contributed by atoms with Crippen molar-refractivity contribution < 1.29 is 6.85 Å². The van der Waals surface area contributed by atoms with Gasteiger partial charge in [-0.05, 0) is 23.9 Å². The fourth-order valence-corrected chi connectivity index (χ4v) is 1.09. The molecule has 1 atom stereocenters. The Labute approximate surface area is 80.3 Å². The van der Waals surface area contributed by atoms with E-state index in [0.717, 1.165) is 0 Å². The first-order valence-corrected chi connectivity index (χ1v) is 3.80. The van der Waals surface area contributed by atoms with E-state index in [2.05, 4.69) is 0 Å². The van der Waals surface area contributed by atoms with Crippen LogP contribution >= 0.6 is 0 Å². The number of allylic oxidation sites excluding steroid dienone is 4. The summed E-state index contributed by atoms with van der Waals surface area (Å²) in [5.41, 5.74) is 1.27. The van der Waals surface area contributed by atoms with Crippen LogP contribution in [0.5, 0.6) is 0 Å². The van der Waals surface area contributed by atoms with Crippen LogP contribution in [0, 0.1) is 0 Å². The summed E-state index contributed by atoms with van der Waals surface area (Å²) in [6, 6.07) is 7.06. The quantitative estimate of drug-likeness (QED) is 0.592. The lowest BCUT2D eigenvalue weighted by molar-refractivity contribution is 1.04. The Hall–Kier alpha value is -1.30. The number of benzene rings is 1. The zero-order valence-corrected chi connectivity index (χ0v) is 6.54. The van der Waals surface area contributed by atoms with Gasteiger partial charge in [-0.2, -0.15) is 0 Å². The smallest absolute Gasteiger partial charge is 0.0623 e. The molecule has 0 nitrogen and oxygen atoms in total. The molecule has 1 aliphatic carbocycles. The molecule has 0 N–H and O–H groups in total. The number of hydrogen-bond acceptors (Lipinski definition) is 0. The van der Waals surface area contributed by atoms with Crippen molar-refractivity contribution in [3.05, 3.63) is 54.1 Å². The average Bonchev–Trinajstić information content (AvgIpc) is 2.25. The van der Waals surface area contributed by atoms with Crippen LogP contribution in [0.15, 0.2) is 48.5 Å². The lowest BCUT2D eigenvalue weighted by Gasteiger charge is -2.05. The van der Waals surface area contributed by atoms with Gasteiger partial charge in [0.2, 0.25) is 0 Å². The summed E-state index contributed by atoms with van der Waals surface area (Å²) in [6.45, 7) is 0. The molecule has 0 aliphatic heterocycles. The van der Waals surface area contributed by atoms with E-state index >= 15 is 0 Å². The van der Waals surface area contributed by atoms with Crippen molar-refractivity contribution in [2.24, 2.45) is 0 Å². The van der Waals surface area contributed by atoms with Gasteiger partial charge in [-0.1, -0.05) is 48.5 Å². The highest BCUT2D eigenvalue weighted by Crippen LogP contribution is 2.20. The molecule has 0 amide bonds. The van der Waals surface area contributed by atoms with E-state index in [1.54, 1.807) is 24.3 Å². The third kappa shape index (κ3) is 1.48. The Balaban J connectivity index is 2.47. The van der Waals surface area contributed by atoms with Crippen LogP contribution in [0.3, 0.4) is 0 Å². The Bertz CT molecular complexity index is 501. The predicted molar refractivity (Wildman–Crippen MR) is 52.8 cm³/mol. The summed E-state index contributed by atoms with van der Waals surface area (Å²) >= 11 is 0. The van der Waals surface area contributed by atoms with Gasteiger partial charge in [-0.3, -0.25) is 0 Å². The molecular formula is C12H12. The van der Waals surface area contributed by atoms with Crippen molar-refractivity contribution in [2.45, 2.75) is 12.8 Å². The van der Waals surface area contributed by atoms with Gasteiger partial charge in [0, 0.05) is 4.11 Å². The van der Waals surface area contributed by atoms with Gasteiger partial charge in [-0.25, -0.2) is 0 Å². The standard InChI is InChI=1S/C12H12/c1-3-7-11(8-4-1)12-9-5-2-6-10-12/h1,3-5,7-10H,2,6H2/i2D,3D,5D,6D2. The first kappa shape index (κ1) is 3.61. The molecule has 0 fully saturated rings. The van der Waals surface area contributed by atoms with E-state index < -0.39 is 12.8 Å². The van der Waals surface area contributed by atoms with Crippen molar-refractivity contribution in [3.63, 3.8) is 0 Å². The molecule has 0 saturated carbocycles. The molecule has 0 heterocycles. The zero-order chi connectivity index (χ0) is 12.6. The highest BCUT2D eigenvalue weighted by atomic mass is 14.0. The summed E-state index contributed by atoms with van der Waals surface area (Å²) in [5, 5.41) is 0.